The Kier molecular flexibility index (Phi) is 111. The average Bonchev–Trinajstić information content (AvgIpc) is 3.55. The fraction of sp³-hybridized carbons (Fsp3) is 0.250. The van der Waals surface area contributed by atoms with E-state index >= 15 is 0 Å². The van der Waals surface area contributed by atoms with Crippen LogP contribution in [-0.2, 0) is 0 Å². The molecule has 0 radical (unpaired) electrons. The Hall–Kier alpha value is 14.7. The van der Waals surface area contributed by atoms with Gasteiger partial charge in [0.15, 0.2) is 5.82 Å². The summed E-state index contributed by atoms with van der Waals surface area (Å²) in [6.07, 6.45) is 0. The second kappa shape index (κ2) is 66.8. The van der Waals surface area contributed by atoms with Gasteiger partial charge in [-0.15, -0.1) is 0 Å². The number of rotatable bonds is 2. The van der Waals surface area contributed by atoms with E-state index in [9.17, 15) is 0 Å². The molecule has 4 aromatic rings. The molecule has 4 nitrogen and oxygen atoms in total. The third-order valence-corrected chi connectivity index (χ3v) is 3.93. The first-order valence-electron chi connectivity index (χ1n) is 16.6. The van der Waals surface area contributed by atoms with Gasteiger partial charge in [-0.25, -0.2) is 4.98 Å². The van der Waals surface area contributed by atoms with Crippen LogP contribution in [0.2, 0.25) is 0 Å². The van der Waals surface area contributed by atoms with Crippen LogP contribution in [0.25, 0.3) is 22.2 Å². The van der Waals surface area contributed by atoms with Crippen LogP contribution in [0.3, 0.4) is 0 Å². The van der Waals surface area contributed by atoms with Crippen molar-refractivity contribution >= 4 is 339 Å². The second-order valence-corrected chi connectivity index (χ2v) is 5.84. The van der Waals surface area contributed by atoms with Crippen molar-refractivity contribution in [2.75, 3.05) is 0 Å². The molecule has 0 saturated heterocycles. The molecule has 0 aliphatic rings. The Balaban J connectivity index is -0.0000000726. The fourth-order valence-electron chi connectivity index (χ4n) is 2.62. The Morgan fingerprint density at radius 3 is 1.41 bits per heavy atom. The van der Waals surface area contributed by atoms with Crippen LogP contribution in [0.15, 0.2) is 78.9 Å². The van der Waals surface area contributed by atoms with Gasteiger partial charge in [0.05, 0.1) is 11.0 Å². The number of benzene rings is 3. The predicted molar refractivity (Wildman–Crippen MR) is 203 cm³/mol. The minimum atomic E-state index is -1.34. The van der Waals surface area contributed by atoms with Crippen LogP contribution >= 0.6 is 0 Å². The van der Waals surface area contributed by atoms with Crippen molar-refractivity contribution in [1.82, 2.24) is 9.97 Å². The van der Waals surface area contributed by atoms with E-state index in [4.69, 9.17) is 10.0 Å². The zero-order valence-corrected chi connectivity index (χ0v) is 66.3. The van der Waals surface area contributed by atoms with Crippen molar-refractivity contribution in [3.63, 3.8) is 0 Å². The third-order valence-electron chi connectivity index (χ3n) is 3.93. The summed E-state index contributed by atoms with van der Waals surface area (Å²) in [6, 6.07) is 25.2. The molecule has 3 N–H and O–H groups in total. The van der Waals surface area contributed by atoms with E-state index in [-0.39, 0.29) is 52.8 Å². The molecule has 0 aliphatic carbocycles. The van der Waals surface area contributed by atoms with E-state index in [1.54, 1.807) is 24.3 Å². The molecule has 4 rings (SSSR count). The van der Waals surface area contributed by atoms with Crippen molar-refractivity contribution in [2.45, 2.75) is 48.5 Å². The molecular weight excluding hydrogens is 837 g/mol. The van der Waals surface area contributed by atoms with Gasteiger partial charge in [0.2, 0.25) is 0 Å². The van der Waals surface area contributed by atoms with Gasteiger partial charge in [-0.2, -0.15) is 0 Å². The first-order valence-corrected chi connectivity index (χ1v) is 96.6. The van der Waals surface area contributed by atoms with Crippen LogP contribution in [0.1, 0.15) is 55.7 Å². The summed E-state index contributed by atoms with van der Waals surface area (Å²) in [5, 5.41) is 17.2. The summed E-state index contributed by atoms with van der Waals surface area (Å²) < 4.78 is 0. The van der Waals surface area contributed by atoms with Gasteiger partial charge in [-0.1, -0.05) is 114 Å². The van der Waals surface area contributed by atoms with Crippen LogP contribution in [0.4, 0.5) is 0 Å². The topological polar surface area (TPSA) is 69.1 Å². The molecule has 3 aromatic carbocycles. The first kappa shape index (κ1) is 73.1. The maximum absolute atomic E-state index is 8.58. The van der Waals surface area contributed by atoms with Crippen LogP contribution < -0.4 is 56.8 Å². The number of nitrogens with one attached hydrogen (secondary N) is 1. The Labute approximate surface area is 541 Å². The maximum atomic E-state index is 8.58. The Morgan fingerprint density at radius 2 is 1.05 bits per heavy atom. The van der Waals surface area contributed by atoms with Gasteiger partial charge in [-0.05, 0) is 41.6 Å². The zero-order valence-electron chi connectivity index (χ0n) is 32.9. The molecule has 0 saturated carbocycles. The number of H-pyrrole nitrogens is 1. The van der Waals surface area contributed by atoms with Crippen molar-refractivity contribution in [3.05, 3.63) is 84.7 Å². The van der Waals surface area contributed by atoms with Gasteiger partial charge >= 0.3 is 374 Å². The minimum absolute atomic E-state index is 0. The number of aromatic nitrogens is 2. The molecule has 0 amide bonds. The number of nitrogens with zero attached hydrogens (tertiary/aromatic N) is 1. The van der Waals surface area contributed by atoms with Gasteiger partial charge < -0.3 is 16.5 Å². The second-order valence-electron chi connectivity index (χ2n) is 5.84. The molecule has 16 heteroatoms. The number of hydrogen-bond acceptors (Lipinski definition) is 3. The van der Waals surface area contributed by atoms with Crippen LogP contribution in [0.5, 0.6) is 0 Å². The summed E-state index contributed by atoms with van der Waals surface area (Å²) in [5.74, 6) is 6.51. The van der Waals surface area contributed by atoms with Crippen LogP contribution in [-0.4, -0.2) is 343 Å². The van der Waals surface area contributed by atoms with E-state index in [2.05, 4.69) is 46.1 Å². The quantitative estimate of drug-likeness (QED) is 0.186. The van der Waals surface area contributed by atoms with E-state index in [1.807, 2.05) is 78.8 Å². The van der Waals surface area contributed by atoms with Crippen molar-refractivity contribution in [1.29, 1.82) is 0 Å². The molecule has 186 valence electrons. The Bertz CT molecular complexity index is 1110. The molecular formula is C28H38BK11N2O2. The summed E-state index contributed by atoms with van der Waals surface area (Å²) in [7, 11) is -1.34. The predicted octanol–water partition coefficient (Wildman–Crippen LogP) is -0.645. The standard InChI is InChI=1S/C16H12N2.C6H7BO2.3C2H6.11K.H/c1-2-6-16-17-14-10-9-13(11-15(14)18-16)12-7-4-3-5-8-12;8-7(9)6-4-2-1-3-5-6;3*1-2;;;;;;;;;;;;/h3-5,7-11H,1H3,(H,17,18);1-5,8-9H;3*1-2H3;;;;;;;;;;;;/q;;;;;;;;;;;;;;;+1;-1. The van der Waals surface area contributed by atoms with Crippen LogP contribution in [0, 0.1) is 11.8 Å². The van der Waals surface area contributed by atoms with E-state index in [0.717, 1.165) is 16.9 Å². The average molecular weight is 876 g/mol. The monoisotopic (exact) mass is 874 g/mol. The van der Waals surface area contributed by atoms with Gasteiger partial charge in [0.25, 0.3) is 0 Å². The summed E-state index contributed by atoms with van der Waals surface area (Å²) >= 11 is 12.5. The number of fused-ring (bicyclic) bond motifs is 1. The van der Waals surface area contributed by atoms with Gasteiger partial charge in [-0.3, -0.25) is 0 Å². The zero-order chi connectivity index (χ0) is 35.1. The van der Waals surface area contributed by atoms with Crippen molar-refractivity contribution in [2.24, 2.45) is 0 Å². The number of aromatic amines is 1. The third kappa shape index (κ3) is 44.7. The fourth-order valence-corrected chi connectivity index (χ4v) is 2.62. The van der Waals surface area contributed by atoms with E-state index in [0.29, 0.717) is 5.46 Å². The Morgan fingerprint density at radius 1 is 0.636 bits per heavy atom. The molecule has 1 heterocycles. The molecule has 0 bridgehead atoms. The van der Waals surface area contributed by atoms with Gasteiger partial charge in [0.1, 0.15) is 0 Å². The van der Waals surface area contributed by atoms with E-state index in [1.165, 1.54) is 327 Å². The molecule has 1 aromatic heterocycles. The molecule has 44 heavy (non-hydrogen) atoms. The molecule has 0 fully saturated rings. The number of hydrogen-bond donors (Lipinski definition) is 3. The number of imidazole rings is 1. The first-order chi connectivity index (χ1) is 21.2. The normalized spacial score (nSPS) is 7.30. The molecule has 0 atom stereocenters. The molecule has 0 aliphatic heterocycles. The summed E-state index contributed by atoms with van der Waals surface area (Å²) in [5.41, 5.74) is 4.89. The SMILES string of the molecule is CC.CC.CC.CC#Cc1nc2ccc(-c3ccccc3)cc2[nH]1.OB(O)c1ccccc1.[H-].[K+].[K][K].[K][K].[K][K].[K][K].[K][K]. The van der Waals surface area contributed by atoms with Crippen molar-refractivity contribution in [3.8, 4) is 23.0 Å². The summed E-state index contributed by atoms with van der Waals surface area (Å²) in [6.45, 7) is 13.8. The molecule has 0 spiro atoms. The summed E-state index contributed by atoms with van der Waals surface area (Å²) in [4.78, 5) is 7.63. The van der Waals surface area contributed by atoms with E-state index < -0.39 is 7.12 Å². The van der Waals surface area contributed by atoms with Gasteiger partial charge in [0, 0.05) is 0 Å². The van der Waals surface area contributed by atoms with Crippen molar-refractivity contribution < 1.29 is 62.9 Å². The molecule has 0 unspecified atom stereocenters.